The van der Waals surface area contributed by atoms with Crippen molar-refractivity contribution in [3.05, 3.63) is 36.5 Å². The molecular weight excluding hydrogens is 220 g/mol. The highest BCUT2D eigenvalue weighted by Gasteiger charge is 2.18. The van der Waals surface area contributed by atoms with E-state index in [9.17, 15) is 0 Å². The number of benzene rings is 1. The predicted octanol–water partition coefficient (Wildman–Crippen LogP) is 4.23. The largest absolute Gasteiger partial charge is 0.382 e. The topological polar surface area (TPSA) is 24.9 Å². The Morgan fingerprint density at radius 2 is 2.17 bits per heavy atom. The van der Waals surface area contributed by atoms with E-state index in [0.29, 0.717) is 6.04 Å². The van der Waals surface area contributed by atoms with Crippen molar-refractivity contribution in [2.45, 2.75) is 38.6 Å². The van der Waals surface area contributed by atoms with Gasteiger partial charge in [-0.15, -0.1) is 0 Å². The molecule has 0 bridgehead atoms. The summed E-state index contributed by atoms with van der Waals surface area (Å²) in [5.74, 6) is 0.860. The molecule has 0 aliphatic heterocycles. The van der Waals surface area contributed by atoms with Gasteiger partial charge in [0.15, 0.2) is 0 Å². The lowest BCUT2D eigenvalue weighted by Crippen LogP contribution is -2.26. The number of pyridine rings is 1. The molecule has 0 saturated heterocycles. The van der Waals surface area contributed by atoms with E-state index in [-0.39, 0.29) is 0 Å². The van der Waals surface area contributed by atoms with Crippen molar-refractivity contribution < 1.29 is 0 Å². The number of aromatic nitrogens is 1. The molecule has 2 unspecified atom stereocenters. The van der Waals surface area contributed by atoms with Gasteiger partial charge in [0.25, 0.3) is 0 Å². The first-order valence-electron chi connectivity index (χ1n) is 6.92. The van der Waals surface area contributed by atoms with E-state index < -0.39 is 0 Å². The maximum absolute atomic E-state index is 4.35. The third-order valence-corrected chi connectivity index (χ3v) is 3.91. The maximum atomic E-state index is 4.35. The van der Waals surface area contributed by atoms with E-state index in [1.54, 1.807) is 0 Å². The van der Waals surface area contributed by atoms with Crippen molar-refractivity contribution in [3.8, 4) is 0 Å². The first-order valence-corrected chi connectivity index (χ1v) is 6.92. The van der Waals surface area contributed by atoms with Gasteiger partial charge in [0.2, 0.25) is 0 Å². The van der Waals surface area contributed by atoms with Crippen molar-refractivity contribution in [3.63, 3.8) is 0 Å². The number of rotatable bonds is 2. The van der Waals surface area contributed by atoms with Crippen molar-refractivity contribution >= 4 is 16.6 Å². The minimum atomic E-state index is 0.642. The van der Waals surface area contributed by atoms with Gasteiger partial charge in [-0.25, -0.2) is 0 Å². The zero-order valence-electron chi connectivity index (χ0n) is 10.9. The van der Waals surface area contributed by atoms with Crippen molar-refractivity contribution in [1.82, 2.24) is 4.98 Å². The van der Waals surface area contributed by atoms with Crippen LogP contribution in [-0.4, -0.2) is 11.0 Å². The van der Waals surface area contributed by atoms with Crippen LogP contribution in [0, 0.1) is 5.92 Å². The van der Waals surface area contributed by atoms with Crippen LogP contribution >= 0.6 is 0 Å². The first-order chi connectivity index (χ1) is 8.81. The number of hydrogen-bond acceptors (Lipinski definition) is 2. The smallest absolute Gasteiger partial charge is 0.0703 e. The van der Waals surface area contributed by atoms with Crippen LogP contribution in [0.4, 0.5) is 5.69 Å². The highest BCUT2D eigenvalue weighted by molar-refractivity contribution is 5.82. The molecule has 2 heteroatoms. The molecule has 0 radical (unpaired) electrons. The molecule has 2 nitrogen and oxygen atoms in total. The van der Waals surface area contributed by atoms with Crippen LogP contribution in [0.3, 0.4) is 0 Å². The van der Waals surface area contributed by atoms with E-state index in [1.165, 1.54) is 36.8 Å². The fourth-order valence-electron chi connectivity index (χ4n) is 2.97. The van der Waals surface area contributed by atoms with Crippen LogP contribution in [0.15, 0.2) is 36.5 Å². The second kappa shape index (κ2) is 4.97. The minimum absolute atomic E-state index is 0.642. The molecule has 1 aromatic heterocycles. The standard InChI is InChI=1S/C16H20N2/c1-12-4-2-6-14(10-12)18-15-7-8-16-13(11-15)5-3-9-17-16/h3,5,7-9,11-12,14,18H,2,4,6,10H2,1H3. The van der Waals surface area contributed by atoms with Crippen LogP contribution in [0.25, 0.3) is 10.9 Å². The van der Waals surface area contributed by atoms with Crippen LogP contribution < -0.4 is 5.32 Å². The monoisotopic (exact) mass is 240 g/mol. The Bertz CT molecular complexity index is 535. The third-order valence-electron chi connectivity index (χ3n) is 3.91. The molecule has 18 heavy (non-hydrogen) atoms. The normalized spacial score (nSPS) is 24.1. The Balaban J connectivity index is 1.78. The van der Waals surface area contributed by atoms with Gasteiger partial charge in [0.1, 0.15) is 0 Å². The van der Waals surface area contributed by atoms with Gasteiger partial charge in [-0.05, 0) is 43.0 Å². The minimum Gasteiger partial charge on any atom is -0.382 e. The molecular formula is C16H20N2. The average Bonchev–Trinajstić information content (AvgIpc) is 2.39. The van der Waals surface area contributed by atoms with Gasteiger partial charge >= 0.3 is 0 Å². The van der Waals surface area contributed by atoms with E-state index in [1.807, 2.05) is 12.3 Å². The lowest BCUT2D eigenvalue weighted by atomic mass is 9.87. The Hall–Kier alpha value is -1.57. The molecule has 0 spiro atoms. The molecule has 2 atom stereocenters. The number of anilines is 1. The molecule has 3 rings (SSSR count). The highest BCUT2D eigenvalue weighted by Crippen LogP contribution is 2.27. The summed E-state index contributed by atoms with van der Waals surface area (Å²) in [6.45, 7) is 2.36. The Labute approximate surface area is 108 Å². The summed E-state index contributed by atoms with van der Waals surface area (Å²) in [5.41, 5.74) is 2.30. The predicted molar refractivity (Wildman–Crippen MR) is 76.8 cm³/mol. The first kappa shape index (κ1) is 11.5. The van der Waals surface area contributed by atoms with Gasteiger partial charge in [0.05, 0.1) is 5.52 Å². The molecule has 1 saturated carbocycles. The van der Waals surface area contributed by atoms with Gasteiger partial charge in [-0.2, -0.15) is 0 Å². The second-order valence-corrected chi connectivity index (χ2v) is 5.52. The van der Waals surface area contributed by atoms with E-state index in [4.69, 9.17) is 0 Å². The van der Waals surface area contributed by atoms with Crippen molar-refractivity contribution in [2.75, 3.05) is 5.32 Å². The summed E-state index contributed by atoms with van der Waals surface area (Å²) in [6.07, 6.45) is 7.19. The Morgan fingerprint density at radius 3 is 3.06 bits per heavy atom. The lowest BCUT2D eigenvalue weighted by Gasteiger charge is -2.28. The molecule has 1 aliphatic rings. The molecule has 1 aliphatic carbocycles. The number of nitrogens with one attached hydrogen (secondary N) is 1. The second-order valence-electron chi connectivity index (χ2n) is 5.52. The van der Waals surface area contributed by atoms with E-state index in [2.05, 4.69) is 41.5 Å². The summed E-state index contributed by atoms with van der Waals surface area (Å²) in [4.78, 5) is 4.35. The molecule has 1 fully saturated rings. The average molecular weight is 240 g/mol. The van der Waals surface area contributed by atoms with Gasteiger partial charge in [0, 0.05) is 23.3 Å². The zero-order chi connectivity index (χ0) is 12.4. The van der Waals surface area contributed by atoms with Gasteiger partial charge < -0.3 is 5.32 Å². The van der Waals surface area contributed by atoms with Gasteiger partial charge in [-0.1, -0.05) is 25.8 Å². The van der Waals surface area contributed by atoms with Crippen LogP contribution in [0.2, 0.25) is 0 Å². The molecule has 2 aromatic rings. The maximum Gasteiger partial charge on any atom is 0.0703 e. The quantitative estimate of drug-likeness (QED) is 0.850. The summed E-state index contributed by atoms with van der Waals surface area (Å²) in [5, 5.41) is 4.89. The lowest BCUT2D eigenvalue weighted by molar-refractivity contribution is 0.358. The fourth-order valence-corrected chi connectivity index (χ4v) is 2.97. The summed E-state index contributed by atoms with van der Waals surface area (Å²) in [6, 6.07) is 11.2. The van der Waals surface area contributed by atoms with Crippen LogP contribution in [0.1, 0.15) is 32.6 Å². The van der Waals surface area contributed by atoms with E-state index in [0.717, 1.165) is 11.4 Å². The third kappa shape index (κ3) is 2.47. The molecule has 1 aromatic carbocycles. The van der Waals surface area contributed by atoms with Crippen LogP contribution in [-0.2, 0) is 0 Å². The van der Waals surface area contributed by atoms with E-state index >= 15 is 0 Å². The summed E-state index contributed by atoms with van der Waals surface area (Å²) in [7, 11) is 0. The number of fused-ring (bicyclic) bond motifs is 1. The fraction of sp³-hybridized carbons (Fsp3) is 0.438. The van der Waals surface area contributed by atoms with Crippen molar-refractivity contribution in [2.24, 2.45) is 5.92 Å². The Kier molecular flexibility index (Phi) is 3.18. The molecule has 1 heterocycles. The van der Waals surface area contributed by atoms with Crippen molar-refractivity contribution in [1.29, 1.82) is 0 Å². The summed E-state index contributed by atoms with van der Waals surface area (Å²) < 4.78 is 0. The number of hydrogen-bond donors (Lipinski definition) is 1. The molecule has 0 amide bonds. The Morgan fingerprint density at radius 1 is 1.22 bits per heavy atom. The highest BCUT2D eigenvalue weighted by atomic mass is 14.9. The summed E-state index contributed by atoms with van der Waals surface area (Å²) >= 11 is 0. The number of nitrogens with zero attached hydrogens (tertiary/aromatic N) is 1. The van der Waals surface area contributed by atoms with Gasteiger partial charge in [-0.3, -0.25) is 4.98 Å². The molecule has 94 valence electrons. The zero-order valence-corrected chi connectivity index (χ0v) is 10.9. The van der Waals surface area contributed by atoms with Crippen LogP contribution in [0.5, 0.6) is 0 Å². The molecule has 1 N–H and O–H groups in total. The SMILES string of the molecule is CC1CCCC(Nc2ccc3ncccc3c2)C1.